The Morgan fingerprint density at radius 2 is 2.16 bits per heavy atom. The van der Waals surface area contributed by atoms with Crippen molar-refractivity contribution in [3.63, 3.8) is 0 Å². The maximum Gasteiger partial charge on any atom is 0.223 e. The smallest absolute Gasteiger partial charge is 0.223 e. The predicted octanol–water partition coefficient (Wildman–Crippen LogP) is 2.81. The summed E-state index contributed by atoms with van der Waals surface area (Å²) in [5.74, 6) is 0.910. The molecule has 1 aliphatic heterocycles. The van der Waals surface area contributed by atoms with Gasteiger partial charge in [-0.1, -0.05) is 11.6 Å². The van der Waals surface area contributed by atoms with Crippen molar-refractivity contribution in [3.8, 4) is 0 Å². The molecule has 0 radical (unpaired) electrons. The molecule has 0 aliphatic carbocycles. The van der Waals surface area contributed by atoms with Gasteiger partial charge in [-0.05, 0) is 37.1 Å². The Bertz CT molecular complexity index is 424. The van der Waals surface area contributed by atoms with E-state index in [0.29, 0.717) is 6.42 Å². The number of carbonyl (C=O) groups is 1. The van der Waals surface area contributed by atoms with Gasteiger partial charge in [0.05, 0.1) is 12.6 Å². The number of likely N-dealkylation sites (tertiary alicyclic amines) is 1. The van der Waals surface area contributed by atoms with Crippen LogP contribution < -0.4 is 0 Å². The fourth-order valence-corrected chi connectivity index (χ4v) is 3.25. The van der Waals surface area contributed by atoms with Crippen LogP contribution in [0.5, 0.6) is 0 Å². The third kappa shape index (κ3) is 4.13. The second-order valence-electron chi connectivity index (χ2n) is 4.62. The number of nitrogens with zero attached hydrogens (tertiary/aromatic N) is 1. The Morgan fingerprint density at radius 3 is 2.84 bits per heavy atom. The highest BCUT2D eigenvalue weighted by atomic mass is 35.5. The van der Waals surface area contributed by atoms with Crippen molar-refractivity contribution in [1.82, 2.24) is 4.90 Å². The van der Waals surface area contributed by atoms with E-state index < -0.39 is 0 Å². The molecular weight excluding hydrogens is 282 g/mol. The average molecular weight is 300 g/mol. The van der Waals surface area contributed by atoms with Gasteiger partial charge in [0.25, 0.3) is 0 Å². The summed E-state index contributed by atoms with van der Waals surface area (Å²) < 4.78 is 0. The topological polar surface area (TPSA) is 40.5 Å². The molecule has 1 amide bonds. The summed E-state index contributed by atoms with van der Waals surface area (Å²) >= 11 is 7.48. The lowest BCUT2D eigenvalue weighted by Gasteiger charge is -2.22. The van der Waals surface area contributed by atoms with E-state index in [0.717, 1.165) is 35.1 Å². The van der Waals surface area contributed by atoms with Crippen LogP contribution in [0.25, 0.3) is 0 Å². The van der Waals surface area contributed by atoms with Crippen LogP contribution in [0.2, 0.25) is 5.02 Å². The summed E-state index contributed by atoms with van der Waals surface area (Å²) in [7, 11) is 0. The highest BCUT2D eigenvalue weighted by molar-refractivity contribution is 7.99. The molecule has 5 heteroatoms. The van der Waals surface area contributed by atoms with Gasteiger partial charge in [0.15, 0.2) is 0 Å². The second kappa shape index (κ2) is 7.17. The summed E-state index contributed by atoms with van der Waals surface area (Å²) in [6.07, 6.45) is 2.44. The number of hydrogen-bond acceptors (Lipinski definition) is 3. The first-order valence-corrected chi connectivity index (χ1v) is 7.86. The summed E-state index contributed by atoms with van der Waals surface area (Å²) in [4.78, 5) is 15.0. The molecule has 0 unspecified atom stereocenters. The molecular formula is C14H18ClNO2S. The molecule has 2 rings (SSSR count). The normalized spacial score (nSPS) is 18.8. The fourth-order valence-electron chi connectivity index (χ4n) is 2.28. The molecule has 1 atom stereocenters. The van der Waals surface area contributed by atoms with Crippen molar-refractivity contribution >= 4 is 29.3 Å². The van der Waals surface area contributed by atoms with Crippen LogP contribution in [0.1, 0.15) is 19.3 Å². The standard InChI is InChI=1S/C14H18ClNO2S/c15-11-3-5-13(6-4-11)19-9-7-14(18)16-8-1-2-12(16)10-17/h3-6,12,17H,1-2,7-10H2/t12-/m0/s1. The van der Waals surface area contributed by atoms with Gasteiger partial charge in [-0.2, -0.15) is 0 Å². The molecule has 104 valence electrons. The van der Waals surface area contributed by atoms with E-state index in [1.807, 2.05) is 29.2 Å². The highest BCUT2D eigenvalue weighted by Crippen LogP contribution is 2.23. The largest absolute Gasteiger partial charge is 0.394 e. The zero-order valence-corrected chi connectivity index (χ0v) is 12.3. The minimum Gasteiger partial charge on any atom is -0.394 e. The van der Waals surface area contributed by atoms with Crippen LogP contribution in [0.3, 0.4) is 0 Å². The van der Waals surface area contributed by atoms with Gasteiger partial charge in [-0.15, -0.1) is 11.8 Å². The predicted molar refractivity (Wildman–Crippen MR) is 78.6 cm³/mol. The highest BCUT2D eigenvalue weighted by Gasteiger charge is 2.27. The van der Waals surface area contributed by atoms with Gasteiger partial charge in [-0.25, -0.2) is 0 Å². The van der Waals surface area contributed by atoms with Crippen LogP contribution in [-0.2, 0) is 4.79 Å². The fraction of sp³-hybridized carbons (Fsp3) is 0.500. The minimum atomic E-state index is 0.0352. The van der Waals surface area contributed by atoms with Gasteiger partial charge in [0.2, 0.25) is 5.91 Å². The van der Waals surface area contributed by atoms with Crippen LogP contribution in [-0.4, -0.2) is 40.9 Å². The zero-order valence-electron chi connectivity index (χ0n) is 10.7. The van der Waals surface area contributed by atoms with Crippen molar-refractivity contribution in [2.24, 2.45) is 0 Å². The number of amides is 1. The molecule has 0 saturated carbocycles. The number of rotatable bonds is 5. The molecule has 1 aliphatic rings. The van der Waals surface area contributed by atoms with E-state index in [1.165, 1.54) is 0 Å². The van der Waals surface area contributed by atoms with Crippen molar-refractivity contribution in [3.05, 3.63) is 29.3 Å². The van der Waals surface area contributed by atoms with Gasteiger partial charge >= 0.3 is 0 Å². The lowest BCUT2D eigenvalue weighted by Crippen LogP contribution is -2.37. The van der Waals surface area contributed by atoms with E-state index >= 15 is 0 Å². The number of aliphatic hydroxyl groups excluding tert-OH is 1. The van der Waals surface area contributed by atoms with Crippen molar-refractivity contribution in [2.45, 2.75) is 30.2 Å². The molecule has 1 aromatic rings. The first-order valence-electron chi connectivity index (χ1n) is 6.49. The number of hydrogen-bond donors (Lipinski definition) is 1. The van der Waals surface area contributed by atoms with Crippen LogP contribution in [0, 0.1) is 0 Å². The average Bonchev–Trinajstić information content (AvgIpc) is 2.89. The second-order valence-corrected chi connectivity index (χ2v) is 6.22. The molecule has 0 spiro atoms. The molecule has 0 aromatic heterocycles. The first-order chi connectivity index (χ1) is 9.20. The lowest BCUT2D eigenvalue weighted by molar-refractivity contribution is -0.132. The molecule has 1 N–H and O–H groups in total. The molecule has 1 saturated heterocycles. The van der Waals surface area contributed by atoms with E-state index in [4.69, 9.17) is 11.6 Å². The van der Waals surface area contributed by atoms with E-state index in [1.54, 1.807) is 11.8 Å². The number of carbonyl (C=O) groups excluding carboxylic acids is 1. The summed E-state index contributed by atoms with van der Waals surface area (Å²) in [6, 6.07) is 7.67. The maximum atomic E-state index is 12.0. The number of halogens is 1. The number of thioether (sulfide) groups is 1. The Labute approximate surface area is 122 Å². The van der Waals surface area contributed by atoms with Crippen molar-refractivity contribution in [2.75, 3.05) is 18.9 Å². The third-order valence-corrected chi connectivity index (χ3v) is 4.57. The summed E-state index contributed by atoms with van der Waals surface area (Å²) in [6.45, 7) is 0.867. The van der Waals surface area contributed by atoms with E-state index in [9.17, 15) is 9.90 Å². The van der Waals surface area contributed by atoms with Crippen LogP contribution in [0.15, 0.2) is 29.2 Å². The van der Waals surface area contributed by atoms with E-state index in [2.05, 4.69) is 0 Å². The molecule has 1 heterocycles. The quantitative estimate of drug-likeness (QED) is 0.850. The molecule has 1 fully saturated rings. The van der Waals surface area contributed by atoms with Gasteiger partial charge < -0.3 is 10.0 Å². The van der Waals surface area contributed by atoms with Gasteiger partial charge in [0.1, 0.15) is 0 Å². The zero-order chi connectivity index (χ0) is 13.7. The number of aliphatic hydroxyl groups is 1. The van der Waals surface area contributed by atoms with Crippen LogP contribution in [0.4, 0.5) is 0 Å². The molecule has 3 nitrogen and oxygen atoms in total. The summed E-state index contributed by atoms with van der Waals surface area (Å²) in [5.41, 5.74) is 0. The molecule has 0 bridgehead atoms. The maximum absolute atomic E-state index is 12.0. The van der Waals surface area contributed by atoms with Crippen molar-refractivity contribution < 1.29 is 9.90 Å². The monoisotopic (exact) mass is 299 g/mol. The summed E-state index contributed by atoms with van der Waals surface area (Å²) in [5, 5.41) is 9.93. The van der Waals surface area contributed by atoms with Crippen LogP contribution >= 0.6 is 23.4 Å². The van der Waals surface area contributed by atoms with E-state index in [-0.39, 0.29) is 18.6 Å². The lowest BCUT2D eigenvalue weighted by atomic mass is 10.2. The minimum absolute atomic E-state index is 0.0352. The Balaban J connectivity index is 1.76. The van der Waals surface area contributed by atoms with Gasteiger partial charge in [0, 0.05) is 28.6 Å². The molecule has 1 aromatic carbocycles. The Hall–Kier alpha value is -0.710. The number of benzene rings is 1. The SMILES string of the molecule is O=C(CCSc1ccc(Cl)cc1)N1CCC[C@H]1CO. The van der Waals surface area contributed by atoms with Crippen molar-refractivity contribution in [1.29, 1.82) is 0 Å². The third-order valence-electron chi connectivity index (χ3n) is 3.31. The Kier molecular flexibility index (Phi) is 5.55. The van der Waals surface area contributed by atoms with Gasteiger partial charge in [-0.3, -0.25) is 4.79 Å². The Morgan fingerprint density at radius 1 is 1.42 bits per heavy atom. The first kappa shape index (κ1) is 14.7. The molecule has 19 heavy (non-hydrogen) atoms.